The number of piperazine rings is 1. The highest BCUT2D eigenvalue weighted by Crippen LogP contribution is 2.27. The molecule has 1 saturated heterocycles. The van der Waals surface area contributed by atoms with Crippen LogP contribution in [0.4, 0.5) is 0 Å². The van der Waals surface area contributed by atoms with E-state index in [0.29, 0.717) is 26.2 Å². The van der Waals surface area contributed by atoms with Crippen molar-refractivity contribution >= 4 is 17.9 Å². The molecular formula is C27H26N2O2. The number of hydrogen-bond donors (Lipinski definition) is 0. The van der Waals surface area contributed by atoms with Crippen LogP contribution in [0, 0.1) is 0 Å². The molecule has 0 spiro atoms. The summed E-state index contributed by atoms with van der Waals surface area (Å²) in [5, 5.41) is 0. The summed E-state index contributed by atoms with van der Waals surface area (Å²) in [5.74, 6) is -0.259. The zero-order valence-corrected chi connectivity index (χ0v) is 17.4. The molecule has 2 amide bonds. The van der Waals surface area contributed by atoms with E-state index in [4.69, 9.17) is 0 Å². The van der Waals surface area contributed by atoms with E-state index in [9.17, 15) is 9.59 Å². The van der Waals surface area contributed by atoms with E-state index in [2.05, 4.69) is 0 Å². The van der Waals surface area contributed by atoms with Crippen LogP contribution in [0.25, 0.3) is 6.08 Å². The Balaban J connectivity index is 1.43. The third kappa shape index (κ3) is 5.10. The van der Waals surface area contributed by atoms with Crippen molar-refractivity contribution in [2.24, 2.45) is 0 Å². The lowest BCUT2D eigenvalue weighted by atomic mass is 9.90. The Morgan fingerprint density at radius 1 is 0.645 bits per heavy atom. The van der Waals surface area contributed by atoms with Gasteiger partial charge in [0.2, 0.25) is 11.8 Å². The molecule has 1 aliphatic rings. The Morgan fingerprint density at radius 2 is 1.10 bits per heavy atom. The van der Waals surface area contributed by atoms with Gasteiger partial charge in [-0.25, -0.2) is 0 Å². The Hall–Kier alpha value is -3.66. The summed E-state index contributed by atoms with van der Waals surface area (Å²) in [6.07, 6.45) is 3.45. The number of amides is 2. The molecule has 0 radical (unpaired) electrons. The summed E-state index contributed by atoms with van der Waals surface area (Å²) in [6.45, 7) is 2.17. The van der Waals surface area contributed by atoms with Gasteiger partial charge in [-0.3, -0.25) is 9.59 Å². The molecule has 31 heavy (non-hydrogen) atoms. The van der Waals surface area contributed by atoms with E-state index in [1.165, 1.54) is 0 Å². The van der Waals surface area contributed by atoms with Crippen LogP contribution in [-0.4, -0.2) is 47.8 Å². The second-order valence-electron chi connectivity index (χ2n) is 7.65. The SMILES string of the molecule is O=C(/C=C/c1ccccc1)N1CCN(C(=O)C(c2ccccc2)c2ccccc2)CC1. The molecule has 3 aromatic rings. The van der Waals surface area contributed by atoms with Gasteiger partial charge in [-0.15, -0.1) is 0 Å². The van der Waals surface area contributed by atoms with Crippen LogP contribution in [0.1, 0.15) is 22.6 Å². The fourth-order valence-electron chi connectivity index (χ4n) is 3.94. The van der Waals surface area contributed by atoms with Gasteiger partial charge in [-0.2, -0.15) is 0 Å². The first kappa shape index (κ1) is 20.6. The molecule has 1 heterocycles. The second-order valence-corrected chi connectivity index (χ2v) is 7.65. The van der Waals surface area contributed by atoms with Crippen molar-refractivity contribution < 1.29 is 9.59 Å². The molecule has 1 aliphatic heterocycles. The van der Waals surface area contributed by atoms with Crippen LogP contribution in [0.15, 0.2) is 97.1 Å². The third-order valence-corrected chi connectivity index (χ3v) is 5.63. The van der Waals surface area contributed by atoms with Crippen molar-refractivity contribution in [1.29, 1.82) is 0 Å². The maximum Gasteiger partial charge on any atom is 0.246 e. The first-order chi connectivity index (χ1) is 15.2. The van der Waals surface area contributed by atoms with Crippen LogP contribution < -0.4 is 0 Å². The zero-order valence-electron chi connectivity index (χ0n) is 17.4. The molecular weight excluding hydrogens is 384 g/mol. The van der Waals surface area contributed by atoms with Crippen LogP contribution in [-0.2, 0) is 9.59 Å². The van der Waals surface area contributed by atoms with Gasteiger partial charge in [0.05, 0.1) is 5.92 Å². The first-order valence-electron chi connectivity index (χ1n) is 10.6. The first-order valence-corrected chi connectivity index (χ1v) is 10.6. The minimum absolute atomic E-state index is 0.0152. The van der Waals surface area contributed by atoms with Crippen LogP contribution in [0.3, 0.4) is 0 Å². The Kier molecular flexibility index (Phi) is 6.58. The predicted octanol–water partition coefficient (Wildman–Crippen LogP) is 4.20. The summed E-state index contributed by atoms with van der Waals surface area (Å²) >= 11 is 0. The standard InChI is InChI=1S/C27H26N2O2/c30-25(17-16-22-10-4-1-5-11-22)28-18-20-29(21-19-28)27(31)26(23-12-6-2-7-13-23)24-14-8-3-9-15-24/h1-17,26H,18-21H2/b17-16+. The average Bonchev–Trinajstić information content (AvgIpc) is 2.85. The lowest BCUT2D eigenvalue weighted by Gasteiger charge is -2.36. The van der Waals surface area contributed by atoms with Gasteiger partial charge in [0.25, 0.3) is 0 Å². The smallest absolute Gasteiger partial charge is 0.246 e. The minimum Gasteiger partial charge on any atom is -0.338 e. The number of hydrogen-bond acceptors (Lipinski definition) is 2. The lowest BCUT2D eigenvalue weighted by Crippen LogP contribution is -2.51. The van der Waals surface area contributed by atoms with Crippen molar-refractivity contribution in [3.8, 4) is 0 Å². The van der Waals surface area contributed by atoms with E-state index in [0.717, 1.165) is 16.7 Å². The van der Waals surface area contributed by atoms with Gasteiger partial charge in [0.1, 0.15) is 0 Å². The lowest BCUT2D eigenvalue weighted by molar-refractivity contribution is -0.137. The number of carbonyl (C=O) groups excluding carboxylic acids is 2. The zero-order chi connectivity index (χ0) is 21.5. The molecule has 156 valence electrons. The molecule has 4 nitrogen and oxygen atoms in total. The highest BCUT2D eigenvalue weighted by molar-refractivity contribution is 5.92. The summed E-state index contributed by atoms with van der Waals surface area (Å²) in [6, 6.07) is 29.6. The molecule has 0 atom stereocenters. The van der Waals surface area contributed by atoms with Gasteiger partial charge < -0.3 is 9.80 Å². The second kappa shape index (κ2) is 9.90. The number of carbonyl (C=O) groups is 2. The van der Waals surface area contributed by atoms with Gasteiger partial charge in [-0.05, 0) is 22.8 Å². The highest BCUT2D eigenvalue weighted by Gasteiger charge is 2.30. The van der Waals surface area contributed by atoms with Crippen molar-refractivity contribution in [1.82, 2.24) is 9.80 Å². The predicted molar refractivity (Wildman–Crippen MR) is 123 cm³/mol. The van der Waals surface area contributed by atoms with Gasteiger partial charge in [-0.1, -0.05) is 91.0 Å². The number of rotatable bonds is 5. The van der Waals surface area contributed by atoms with Gasteiger partial charge >= 0.3 is 0 Å². The number of nitrogens with zero attached hydrogens (tertiary/aromatic N) is 2. The topological polar surface area (TPSA) is 40.6 Å². The summed E-state index contributed by atoms with van der Waals surface area (Å²) in [7, 11) is 0. The number of benzene rings is 3. The van der Waals surface area contributed by atoms with E-state index in [1.54, 1.807) is 6.08 Å². The molecule has 3 aromatic carbocycles. The van der Waals surface area contributed by atoms with E-state index in [1.807, 2.05) is 107 Å². The summed E-state index contributed by atoms with van der Waals surface area (Å²) in [5.41, 5.74) is 2.98. The van der Waals surface area contributed by atoms with Crippen molar-refractivity contribution in [2.75, 3.05) is 26.2 Å². The van der Waals surface area contributed by atoms with Crippen molar-refractivity contribution in [2.45, 2.75) is 5.92 Å². The van der Waals surface area contributed by atoms with Crippen molar-refractivity contribution in [3.63, 3.8) is 0 Å². The summed E-state index contributed by atoms with van der Waals surface area (Å²) in [4.78, 5) is 29.7. The minimum atomic E-state index is -0.331. The quantitative estimate of drug-likeness (QED) is 0.592. The van der Waals surface area contributed by atoms with Crippen LogP contribution in [0.5, 0.6) is 0 Å². The fourth-order valence-corrected chi connectivity index (χ4v) is 3.94. The largest absolute Gasteiger partial charge is 0.338 e. The van der Waals surface area contributed by atoms with E-state index >= 15 is 0 Å². The normalized spacial score (nSPS) is 14.2. The fraction of sp³-hybridized carbons (Fsp3) is 0.185. The Labute approximate surface area is 183 Å². The van der Waals surface area contributed by atoms with Crippen LogP contribution in [0.2, 0.25) is 0 Å². The molecule has 0 bridgehead atoms. The van der Waals surface area contributed by atoms with Crippen LogP contribution >= 0.6 is 0 Å². The molecule has 0 aliphatic carbocycles. The van der Waals surface area contributed by atoms with Gasteiger partial charge in [0, 0.05) is 32.3 Å². The highest BCUT2D eigenvalue weighted by atomic mass is 16.2. The maximum atomic E-state index is 13.5. The molecule has 4 rings (SSSR count). The molecule has 0 saturated carbocycles. The Morgan fingerprint density at radius 3 is 1.61 bits per heavy atom. The molecule has 0 N–H and O–H groups in total. The molecule has 0 aromatic heterocycles. The Bertz CT molecular complexity index is 985. The third-order valence-electron chi connectivity index (χ3n) is 5.63. The van der Waals surface area contributed by atoms with E-state index < -0.39 is 0 Å². The van der Waals surface area contributed by atoms with Gasteiger partial charge in [0.15, 0.2) is 0 Å². The maximum absolute atomic E-state index is 13.5. The molecule has 4 heteroatoms. The monoisotopic (exact) mass is 410 g/mol. The molecule has 0 unspecified atom stereocenters. The average molecular weight is 411 g/mol. The van der Waals surface area contributed by atoms with E-state index in [-0.39, 0.29) is 17.7 Å². The van der Waals surface area contributed by atoms with Crippen molar-refractivity contribution in [3.05, 3.63) is 114 Å². The summed E-state index contributed by atoms with van der Waals surface area (Å²) < 4.78 is 0. The molecule has 1 fully saturated rings.